The first-order valence-corrected chi connectivity index (χ1v) is 8.07. The van der Waals surface area contributed by atoms with Gasteiger partial charge in [-0.3, -0.25) is 14.6 Å². The molecule has 122 valence electrons. The second-order valence-electron chi connectivity index (χ2n) is 6.25. The molecule has 0 radical (unpaired) electrons. The van der Waals surface area contributed by atoms with Crippen molar-refractivity contribution >= 4 is 5.91 Å². The number of aliphatic hydroxyl groups is 1. The minimum atomic E-state index is 0.127. The van der Waals surface area contributed by atoms with E-state index in [0.29, 0.717) is 19.6 Å². The van der Waals surface area contributed by atoms with Crippen LogP contribution in [0.5, 0.6) is 0 Å². The summed E-state index contributed by atoms with van der Waals surface area (Å²) >= 11 is 0. The third kappa shape index (κ3) is 5.21. The average Bonchev–Trinajstić information content (AvgIpc) is 2.64. The molecule has 6 heteroatoms. The standard InChI is InChI=1S/C15H29N3O3/c1-13-10-18(11-14(2)21-13)15(20)12-17-5-3-4-16(6-7-17)8-9-19/h13-14,19H,3-12H2,1-2H3. The van der Waals surface area contributed by atoms with Gasteiger partial charge in [-0.05, 0) is 33.4 Å². The van der Waals surface area contributed by atoms with E-state index in [4.69, 9.17) is 9.84 Å². The summed E-state index contributed by atoms with van der Waals surface area (Å²) in [6.45, 7) is 10.7. The number of carbonyl (C=O) groups excluding carboxylic acids is 1. The molecule has 6 nitrogen and oxygen atoms in total. The number of carbonyl (C=O) groups is 1. The van der Waals surface area contributed by atoms with Crippen molar-refractivity contribution in [1.29, 1.82) is 0 Å². The number of amides is 1. The Bertz CT molecular complexity index is 330. The first-order chi connectivity index (χ1) is 10.1. The molecule has 2 saturated heterocycles. The molecule has 0 bridgehead atoms. The van der Waals surface area contributed by atoms with Crippen LogP contribution in [-0.4, -0.2) is 96.9 Å². The number of aliphatic hydroxyl groups excluding tert-OH is 1. The molecule has 0 aromatic carbocycles. The topological polar surface area (TPSA) is 56.3 Å². The van der Waals surface area contributed by atoms with Crippen molar-refractivity contribution in [3.63, 3.8) is 0 Å². The number of morpholine rings is 1. The summed E-state index contributed by atoms with van der Waals surface area (Å²) in [5, 5.41) is 9.01. The van der Waals surface area contributed by atoms with E-state index in [1.807, 2.05) is 18.7 Å². The summed E-state index contributed by atoms with van der Waals surface area (Å²) in [4.78, 5) is 18.9. The summed E-state index contributed by atoms with van der Waals surface area (Å²) in [6, 6.07) is 0. The number of hydrogen-bond donors (Lipinski definition) is 1. The Morgan fingerprint density at radius 2 is 1.71 bits per heavy atom. The monoisotopic (exact) mass is 299 g/mol. The second kappa shape index (κ2) is 8.08. The van der Waals surface area contributed by atoms with Crippen LogP contribution in [0.15, 0.2) is 0 Å². The fourth-order valence-corrected chi connectivity index (χ4v) is 3.22. The lowest BCUT2D eigenvalue weighted by atomic mass is 10.2. The summed E-state index contributed by atoms with van der Waals surface area (Å²) in [5.74, 6) is 0.215. The van der Waals surface area contributed by atoms with Crippen molar-refractivity contribution in [1.82, 2.24) is 14.7 Å². The van der Waals surface area contributed by atoms with Crippen molar-refractivity contribution < 1.29 is 14.6 Å². The lowest BCUT2D eigenvalue weighted by Gasteiger charge is -2.36. The summed E-state index contributed by atoms with van der Waals surface area (Å²) in [7, 11) is 0. The molecule has 2 rings (SSSR count). The Balaban J connectivity index is 1.79. The molecule has 2 heterocycles. The maximum atomic E-state index is 12.5. The quantitative estimate of drug-likeness (QED) is 0.767. The van der Waals surface area contributed by atoms with E-state index in [0.717, 1.165) is 39.1 Å². The van der Waals surface area contributed by atoms with Crippen molar-refractivity contribution in [2.45, 2.75) is 32.5 Å². The number of ether oxygens (including phenoxy) is 1. The van der Waals surface area contributed by atoms with Gasteiger partial charge in [-0.2, -0.15) is 0 Å². The highest BCUT2D eigenvalue weighted by molar-refractivity contribution is 5.78. The third-order valence-corrected chi connectivity index (χ3v) is 4.23. The van der Waals surface area contributed by atoms with Crippen LogP contribution in [0.3, 0.4) is 0 Å². The Morgan fingerprint density at radius 3 is 2.38 bits per heavy atom. The van der Waals surface area contributed by atoms with E-state index < -0.39 is 0 Å². The average molecular weight is 299 g/mol. The molecule has 0 aromatic heterocycles. The van der Waals surface area contributed by atoms with Gasteiger partial charge >= 0.3 is 0 Å². The zero-order chi connectivity index (χ0) is 15.2. The molecule has 2 unspecified atom stereocenters. The van der Waals surface area contributed by atoms with Gasteiger partial charge in [-0.15, -0.1) is 0 Å². The largest absolute Gasteiger partial charge is 0.395 e. The number of β-amino-alcohol motifs (C(OH)–C–C–N with tert-alkyl or cyclic N) is 1. The van der Waals surface area contributed by atoms with E-state index in [1.165, 1.54) is 0 Å². The Kier molecular flexibility index (Phi) is 6.41. The van der Waals surface area contributed by atoms with E-state index in [1.54, 1.807) is 0 Å². The second-order valence-corrected chi connectivity index (χ2v) is 6.25. The summed E-state index contributed by atoms with van der Waals surface area (Å²) in [5.41, 5.74) is 0. The van der Waals surface area contributed by atoms with Crippen LogP contribution in [0.4, 0.5) is 0 Å². The van der Waals surface area contributed by atoms with Gasteiger partial charge in [0.2, 0.25) is 5.91 Å². The van der Waals surface area contributed by atoms with E-state index in [2.05, 4.69) is 9.80 Å². The number of hydrogen-bond acceptors (Lipinski definition) is 5. The molecule has 1 N–H and O–H groups in total. The Hall–Kier alpha value is -0.690. The first-order valence-electron chi connectivity index (χ1n) is 8.07. The SMILES string of the molecule is CC1CN(C(=O)CN2CCCN(CCO)CC2)CC(C)O1. The van der Waals surface area contributed by atoms with Crippen LogP contribution in [0, 0.1) is 0 Å². The molecule has 2 fully saturated rings. The predicted molar refractivity (Wildman–Crippen MR) is 81.2 cm³/mol. The fourth-order valence-electron chi connectivity index (χ4n) is 3.22. The molecule has 0 saturated carbocycles. The van der Waals surface area contributed by atoms with Crippen LogP contribution in [0.25, 0.3) is 0 Å². The van der Waals surface area contributed by atoms with Gasteiger partial charge in [-0.25, -0.2) is 0 Å². The van der Waals surface area contributed by atoms with Crippen molar-refractivity contribution in [3.8, 4) is 0 Å². The summed E-state index contributed by atoms with van der Waals surface area (Å²) in [6.07, 6.45) is 1.31. The number of rotatable bonds is 4. The maximum Gasteiger partial charge on any atom is 0.236 e. The lowest BCUT2D eigenvalue weighted by molar-refractivity contribution is -0.144. The minimum absolute atomic E-state index is 0.127. The molecular formula is C15H29N3O3. The zero-order valence-corrected chi connectivity index (χ0v) is 13.3. The zero-order valence-electron chi connectivity index (χ0n) is 13.3. The van der Waals surface area contributed by atoms with E-state index >= 15 is 0 Å². The summed E-state index contributed by atoms with van der Waals surface area (Å²) < 4.78 is 5.68. The molecule has 0 aromatic rings. The van der Waals surface area contributed by atoms with Crippen molar-refractivity contribution in [3.05, 3.63) is 0 Å². The van der Waals surface area contributed by atoms with E-state index in [9.17, 15) is 4.79 Å². The van der Waals surface area contributed by atoms with Crippen LogP contribution < -0.4 is 0 Å². The highest BCUT2D eigenvalue weighted by Crippen LogP contribution is 2.11. The maximum absolute atomic E-state index is 12.5. The predicted octanol–water partition coefficient (Wildman–Crippen LogP) is -0.378. The molecule has 2 aliphatic rings. The molecule has 2 atom stereocenters. The Labute approximate surface area is 127 Å². The third-order valence-electron chi connectivity index (χ3n) is 4.23. The number of nitrogens with zero attached hydrogens (tertiary/aromatic N) is 3. The molecule has 1 amide bonds. The van der Waals surface area contributed by atoms with Gasteiger partial charge < -0.3 is 14.7 Å². The normalized spacial score (nSPS) is 29.4. The van der Waals surface area contributed by atoms with Crippen molar-refractivity contribution in [2.75, 3.05) is 59.0 Å². The lowest BCUT2D eigenvalue weighted by Crippen LogP contribution is -2.51. The van der Waals surface area contributed by atoms with Gasteiger partial charge in [-0.1, -0.05) is 0 Å². The highest BCUT2D eigenvalue weighted by atomic mass is 16.5. The molecule has 2 aliphatic heterocycles. The fraction of sp³-hybridized carbons (Fsp3) is 0.933. The van der Waals surface area contributed by atoms with Gasteiger partial charge in [0.15, 0.2) is 0 Å². The smallest absolute Gasteiger partial charge is 0.236 e. The molecule has 0 aliphatic carbocycles. The van der Waals surface area contributed by atoms with Gasteiger partial charge in [0.1, 0.15) is 0 Å². The Morgan fingerprint density at radius 1 is 1.10 bits per heavy atom. The van der Waals surface area contributed by atoms with Gasteiger partial charge in [0, 0.05) is 32.7 Å². The van der Waals surface area contributed by atoms with E-state index in [-0.39, 0.29) is 24.7 Å². The van der Waals surface area contributed by atoms with Gasteiger partial charge in [0.05, 0.1) is 25.4 Å². The molecular weight excluding hydrogens is 270 g/mol. The van der Waals surface area contributed by atoms with Crippen LogP contribution >= 0.6 is 0 Å². The molecule has 21 heavy (non-hydrogen) atoms. The van der Waals surface area contributed by atoms with Crippen LogP contribution in [0.2, 0.25) is 0 Å². The van der Waals surface area contributed by atoms with Gasteiger partial charge in [0.25, 0.3) is 0 Å². The highest BCUT2D eigenvalue weighted by Gasteiger charge is 2.27. The van der Waals surface area contributed by atoms with Crippen molar-refractivity contribution in [2.24, 2.45) is 0 Å². The van der Waals surface area contributed by atoms with Crippen LogP contribution in [0.1, 0.15) is 20.3 Å². The van der Waals surface area contributed by atoms with Crippen LogP contribution in [-0.2, 0) is 9.53 Å². The first kappa shape index (κ1) is 16.7. The minimum Gasteiger partial charge on any atom is -0.395 e. The molecule has 0 spiro atoms.